The van der Waals surface area contributed by atoms with Gasteiger partial charge in [-0.25, -0.2) is 8.42 Å². The molecule has 2 aromatic carbocycles. The highest BCUT2D eigenvalue weighted by molar-refractivity contribution is 7.92. The molecule has 27 heavy (non-hydrogen) atoms. The Morgan fingerprint density at radius 1 is 1.07 bits per heavy atom. The molecule has 0 saturated heterocycles. The number of para-hydroxylation sites is 2. The first kappa shape index (κ1) is 20.4. The Balaban J connectivity index is 2.02. The maximum Gasteiger partial charge on any atom is 0.250 e. The number of hydrogen-bond acceptors (Lipinski definition) is 4. The van der Waals surface area contributed by atoms with E-state index in [4.69, 9.17) is 5.73 Å². The monoisotopic (exact) mass is 389 g/mol. The molecule has 3 N–H and O–H groups in total. The van der Waals surface area contributed by atoms with Crippen molar-refractivity contribution in [2.45, 2.75) is 19.8 Å². The van der Waals surface area contributed by atoms with Gasteiger partial charge in [-0.15, -0.1) is 0 Å². The van der Waals surface area contributed by atoms with Crippen LogP contribution in [0.1, 0.15) is 28.8 Å². The summed E-state index contributed by atoms with van der Waals surface area (Å²) in [5.74, 6) is -0.948. The number of carbonyl (C=O) groups excluding carboxylic acids is 2. The zero-order valence-corrected chi connectivity index (χ0v) is 16.1. The van der Waals surface area contributed by atoms with Gasteiger partial charge >= 0.3 is 0 Å². The average Bonchev–Trinajstić information content (AvgIpc) is 2.59. The van der Waals surface area contributed by atoms with Gasteiger partial charge in [-0.2, -0.15) is 0 Å². The number of anilines is 2. The van der Waals surface area contributed by atoms with E-state index >= 15 is 0 Å². The van der Waals surface area contributed by atoms with Gasteiger partial charge in [0, 0.05) is 13.0 Å². The molecule has 0 fully saturated rings. The molecule has 2 amide bonds. The molecule has 0 saturated carbocycles. The third-order valence-corrected chi connectivity index (χ3v) is 5.20. The summed E-state index contributed by atoms with van der Waals surface area (Å²) < 4.78 is 25.6. The molecule has 2 rings (SSSR count). The molecule has 0 aliphatic heterocycles. The largest absolute Gasteiger partial charge is 0.366 e. The lowest BCUT2D eigenvalue weighted by Gasteiger charge is -2.24. The molecule has 2 aromatic rings. The molecular formula is C19H23N3O4S. The summed E-state index contributed by atoms with van der Waals surface area (Å²) in [5, 5.41) is 2.65. The number of carbonyl (C=O) groups is 2. The number of rotatable bonds is 8. The van der Waals surface area contributed by atoms with E-state index in [9.17, 15) is 18.0 Å². The Labute approximate surface area is 159 Å². The number of aryl methyl sites for hydroxylation is 1. The predicted molar refractivity (Wildman–Crippen MR) is 106 cm³/mol. The number of benzene rings is 2. The van der Waals surface area contributed by atoms with E-state index in [0.29, 0.717) is 17.8 Å². The minimum Gasteiger partial charge on any atom is -0.366 e. The van der Waals surface area contributed by atoms with Gasteiger partial charge in [-0.05, 0) is 37.1 Å². The summed E-state index contributed by atoms with van der Waals surface area (Å²) in [6, 6.07) is 13.6. The normalized spacial score (nSPS) is 11.0. The third kappa shape index (κ3) is 5.55. The SMILES string of the molecule is Cc1ccccc1N(CCCC(=O)Nc1ccccc1C(N)=O)S(C)(=O)=O. The van der Waals surface area contributed by atoms with Crippen molar-refractivity contribution in [2.75, 3.05) is 22.4 Å². The highest BCUT2D eigenvalue weighted by atomic mass is 32.2. The predicted octanol–water partition coefficient (Wildman–Crippen LogP) is 2.28. The van der Waals surface area contributed by atoms with Gasteiger partial charge < -0.3 is 11.1 Å². The van der Waals surface area contributed by atoms with E-state index in [2.05, 4.69) is 5.32 Å². The van der Waals surface area contributed by atoms with E-state index in [1.54, 1.807) is 30.3 Å². The number of sulfonamides is 1. The Morgan fingerprint density at radius 3 is 2.33 bits per heavy atom. The fourth-order valence-electron chi connectivity index (χ4n) is 2.71. The lowest BCUT2D eigenvalue weighted by Crippen LogP contribution is -2.32. The minimum atomic E-state index is -3.47. The van der Waals surface area contributed by atoms with Gasteiger partial charge in [0.2, 0.25) is 15.9 Å². The molecular weight excluding hydrogens is 366 g/mol. The van der Waals surface area contributed by atoms with Gasteiger partial charge in [-0.3, -0.25) is 13.9 Å². The lowest BCUT2D eigenvalue weighted by atomic mass is 10.1. The second-order valence-electron chi connectivity index (χ2n) is 6.18. The second kappa shape index (κ2) is 8.68. The van der Waals surface area contributed by atoms with Crippen molar-refractivity contribution >= 4 is 33.2 Å². The summed E-state index contributed by atoms with van der Waals surface area (Å²) in [4.78, 5) is 23.6. The molecule has 8 heteroatoms. The van der Waals surface area contributed by atoms with Gasteiger partial charge in [0.05, 0.1) is 23.2 Å². The molecule has 7 nitrogen and oxygen atoms in total. The maximum absolute atomic E-state index is 12.2. The van der Waals surface area contributed by atoms with E-state index in [-0.39, 0.29) is 24.4 Å². The lowest BCUT2D eigenvalue weighted by molar-refractivity contribution is -0.116. The Bertz CT molecular complexity index is 941. The van der Waals surface area contributed by atoms with Crippen LogP contribution < -0.4 is 15.4 Å². The van der Waals surface area contributed by atoms with Crippen molar-refractivity contribution < 1.29 is 18.0 Å². The van der Waals surface area contributed by atoms with Crippen molar-refractivity contribution in [1.29, 1.82) is 0 Å². The first-order valence-electron chi connectivity index (χ1n) is 8.42. The number of amides is 2. The van der Waals surface area contributed by atoms with Gasteiger partial charge in [-0.1, -0.05) is 30.3 Å². The van der Waals surface area contributed by atoms with E-state index in [0.717, 1.165) is 11.8 Å². The standard InChI is InChI=1S/C19H23N3O4S/c1-14-8-3-6-11-17(14)22(27(2,25)26)13-7-12-18(23)21-16-10-5-4-9-15(16)19(20)24/h3-6,8-11H,7,12-13H2,1-2H3,(H2,20,24)(H,21,23). The maximum atomic E-state index is 12.2. The Morgan fingerprint density at radius 2 is 1.70 bits per heavy atom. The van der Waals surface area contributed by atoms with Crippen molar-refractivity contribution in [2.24, 2.45) is 5.73 Å². The fraction of sp³-hybridized carbons (Fsp3) is 0.263. The number of nitrogens with two attached hydrogens (primary N) is 1. The molecule has 0 spiro atoms. The fourth-order valence-corrected chi connectivity index (χ4v) is 3.73. The van der Waals surface area contributed by atoms with Crippen LogP contribution in [-0.4, -0.2) is 33.0 Å². The first-order chi connectivity index (χ1) is 12.7. The summed E-state index contributed by atoms with van der Waals surface area (Å²) in [7, 11) is -3.47. The number of hydrogen-bond donors (Lipinski definition) is 2. The summed E-state index contributed by atoms with van der Waals surface area (Å²) >= 11 is 0. The minimum absolute atomic E-state index is 0.102. The molecule has 0 atom stereocenters. The van der Waals surface area contributed by atoms with Crippen LogP contribution in [0.2, 0.25) is 0 Å². The van der Waals surface area contributed by atoms with Crippen molar-refractivity contribution in [1.82, 2.24) is 0 Å². The molecule has 0 aromatic heterocycles. The van der Waals surface area contributed by atoms with E-state index < -0.39 is 15.9 Å². The topological polar surface area (TPSA) is 110 Å². The molecule has 0 heterocycles. The second-order valence-corrected chi connectivity index (χ2v) is 8.09. The van der Waals surface area contributed by atoms with Crippen LogP contribution >= 0.6 is 0 Å². The van der Waals surface area contributed by atoms with Crippen molar-refractivity contribution in [3.8, 4) is 0 Å². The van der Waals surface area contributed by atoms with Crippen LogP contribution in [0.5, 0.6) is 0 Å². The molecule has 0 unspecified atom stereocenters. The quantitative estimate of drug-likeness (QED) is 0.722. The van der Waals surface area contributed by atoms with Crippen molar-refractivity contribution in [3.05, 3.63) is 59.7 Å². The zero-order chi connectivity index (χ0) is 20.0. The highest BCUT2D eigenvalue weighted by Gasteiger charge is 2.19. The van der Waals surface area contributed by atoms with Gasteiger partial charge in [0.25, 0.3) is 5.91 Å². The Kier molecular flexibility index (Phi) is 6.57. The van der Waals surface area contributed by atoms with Crippen molar-refractivity contribution in [3.63, 3.8) is 0 Å². The summed E-state index contributed by atoms with van der Waals surface area (Å²) in [6.07, 6.45) is 1.57. The van der Waals surface area contributed by atoms with Crippen LogP contribution in [-0.2, 0) is 14.8 Å². The summed E-state index contributed by atoms with van der Waals surface area (Å²) in [6.45, 7) is 2.01. The molecule has 0 bridgehead atoms. The van der Waals surface area contributed by atoms with E-state index in [1.807, 2.05) is 19.1 Å². The van der Waals surface area contributed by atoms with Crippen LogP contribution in [0.15, 0.2) is 48.5 Å². The third-order valence-electron chi connectivity index (χ3n) is 4.02. The van der Waals surface area contributed by atoms with Crippen LogP contribution in [0.25, 0.3) is 0 Å². The smallest absolute Gasteiger partial charge is 0.250 e. The van der Waals surface area contributed by atoms with Gasteiger partial charge in [0.15, 0.2) is 0 Å². The first-order valence-corrected chi connectivity index (χ1v) is 10.3. The Hall–Kier alpha value is -2.87. The molecule has 0 radical (unpaired) electrons. The van der Waals surface area contributed by atoms with Crippen LogP contribution in [0, 0.1) is 6.92 Å². The average molecular weight is 389 g/mol. The number of nitrogens with zero attached hydrogens (tertiary/aromatic N) is 1. The molecule has 0 aliphatic rings. The van der Waals surface area contributed by atoms with Gasteiger partial charge in [0.1, 0.15) is 0 Å². The number of nitrogens with one attached hydrogen (secondary N) is 1. The number of primary amides is 1. The van der Waals surface area contributed by atoms with E-state index in [1.165, 1.54) is 10.4 Å². The zero-order valence-electron chi connectivity index (χ0n) is 15.3. The highest BCUT2D eigenvalue weighted by Crippen LogP contribution is 2.22. The summed E-state index contributed by atoms with van der Waals surface area (Å²) in [5.41, 5.74) is 7.29. The molecule has 144 valence electrons. The van der Waals surface area contributed by atoms with Crippen LogP contribution in [0.4, 0.5) is 11.4 Å². The molecule has 0 aliphatic carbocycles. The van der Waals surface area contributed by atoms with Crippen LogP contribution in [0.3, 0.4) is 0 Å².